The topological polar surface area (TPSA) is 39.7 Å². The van der Waals surface area contributed by atoms with Crippen molar-refractivity contribution >= 4 is 29.9 Å². The number of hydrogen-bond donors (Lipinski definition) is 2. The first-order chi connectivity index (χ1) is 11.0. The number of halogens is 1. The van der Waals surface area contributed by atoms with Crippen LogP contribution in [-0.2, 0) is 5.41 Å². The molecule has 1 fully saturated rings. The lowest BCUT2D eigenvalue weighted by molar-refractivity contribution is 0.309. The highest BCUT2D eigenvalue weighted by Crippen LogP contribution is 2.23. The third-order valence-corrected chi connectivity index (χ3v) is 4.71. The van der Waals surface area contributed by atoms with Crippen molar-refractivity contribution in [2.75, 3.05) is 33.2 Å². The zero-order chi connectivity index (χ0) is 16.7. The fourth-order valence-corrected chi connectivity index (χ4v) is 3.05. The molecule has 1 aromatic rings. The molecule has 136 valence electrons. The van der Waals surface area contributed by atoms with Crippen LogP contribution in [0.5, 0.6) is 0 Å². The Morgan fingerprint density at radius 3 is 2.54 bits per heavy atom. The molecule has 2 rings (SSSR count). The Hall–Kier alpha value is -0.820. The maximum absolute atomic E-state index is 4.82. The summed E-state index contributed by atoms with van der Waals surface area (Å²) < 4.78 is 0. The number of nitrogens with zero attached hydrogens (tertiary/aromatic N) is 2. The molecular weight excluding hydrogens is 411 g/mol. The Bertz CT molecular complexity index is 501. The maximum atomic E-state index is 4.82. The summed E-state index contributed by atoms with van der Waals surface area (Å²) >= 11 is 0. The summed E-state index contributed by atoms with van der Waals surface area (Å²) in [6.07, 6.45) is 2.58. The number of likely N-dealkylation sites (N-methyl/N-ethyl adjacent to an activating group) is 1. The summed E-state index contributed by atoms with van der Waals surface area (Å²) in [6, 6.07) is 11.3. The number of nitrogens with one attached hydrogen (secondary N) is 2. The third-order valence-electron chi connectivity index (χ3n) is 4.71. The van der Waals surface area contributed by atoms with Crippen molar-refractivity contribution < 1.29 is 0 Å². The van der Waals surface area contributed by atoms with Crippen molar-refractivity contribution in [3.05, 3.63) is 35.9 Å². The molecule has 0 aromatic heterocycles. The summed E-state index contributed by atoms with van der Waals surface area (Å²) in [6.45, 7) is 10.4. The predicted molar refractivity (Wildman–Crippen MR) is 115 cm³/mol. The number of benzene rings is 1. The molecule has 4 nitrogen and oxygen atoms in total. The molecule has 1 unspecified atom stereocenters. The van der Waals surface area contributed by atoms with Gasteiger partial charge in [0, 0.05) is 24.5 Å². The van der Waals surface area contributed by atoms with Gasteiger partial charge in [0.05, 0.1) is 6.54 Å². The molecule has 1 aromatic carbocycles. The smallest absolute Gasteiger partial charge is 0.191 e. The minimum atomic E-state index is 0. The lowest BCUT2D eigenvalue weighted by Gasteiger charge is -2.25. The average Bonchev–Trinajstić information content (AvgIpc) is 2.96. The minimum absolute atomic E-state index is 0. The number of rotatable bonds is 6. The van der Waals surface area contributed by atoms with Gasteiger partial charge in [0.2, 0.25) is 0 Å². The molecule has 0 aliphatic carbocycles. The molecular formula is C19H33IN4. The van der Waals surface area contributed by atoms with Gasteiger partial charge in [-0.2, -0.15) is 0 Å². The SMILES string of the molecule is CCNC(=NCC(C)(C)c1ccccc1)NCC1CCCN1C.I. The van der Waals surface area contributed by atoms with E-state index < -0.39 is 0 Å². The Kier molecular flexibility index (Phi) is 9.05. The van der Waals surface area contributed by atoms with Crippen LogP contribution in [0.2, 0.25) is 0 Å². The zero-order valence-corrected chi connectivity index (χ0v) is 17.8. The van der Waals surface area contributed by atoms with Crippen molar-refractivity contribution in [3.8, 4) is 0 Å². The van der Waals surface area contributed by atoms with E-state index in [4.69, 9.17) is 4.99 Å². The van der Waals surface area contributed by atoms with Crippen LogP contribution in [0.3, 0.4) is 0 Å². The second-order valence-electron chi connectivity index (χ2n) is 7.10. The highest BCUT2D eigenvalue weighted by molar-refractivity contribution is 14.0. The number of aliphatic imine (C=N–C) groups is 1. The Morgan fingerprint density at radius 2 is 1.96 bits per heavy atom. The fourth-order valence-electron chi connectivity index (χ4n) is 3.05. The van der Waals surface area contributed by atoms with Gasteiger partial charge in [0.1, 0.15) is 0 Å². The van der Waals surface area contributed by atoms with Crippen LogP contribution in [-0.4, -0.2) is 50.1 Å². The van der Waals surface area contributed by atoms with Crippen LogP contribution in [0.1, 0.15) is 39.2 Å². The van der Waals surface area contributed by atoms with E-state index in [0.717, 1.165) is 25.6 Å². The third kappa shape index (κ3) is 6.24. The first-order valence-corrected chi connectivity index (χ1v) is 8.81. The second-order valence-corrected chi connectivity index (χ2v) is 7.10. The highest BCUT2D eigenvalue weighted by atomic mass is 127. The fraction of sp³-hybridized carbons (Fsp3) is 0.632. The van der Waals surface area contributed by atoms with Gasteiger partial charge in [-0.3, -0.25) is 4.99 Å². The molecule has 24 heavy (non-hydrogen) atoms. The molecule has 0 spiro atoms. The zero-order valence-electron chi connectivity index (χ0n) is 15.5. The van der Waals surface area contributed by atoms with E-state index in [2.05, 4.69) is 73.7 Å². The molecule has 1 heterocycles. The van der Waals surface area contributed by atoms with Crippen LogP contribution in [0.15, 0.2) is 35.3 Å². The summed E-state index contributed by atoms with van der Waals surface area (Å²) in [4.78, 5) is 7.26. The van der Waals surface area contributed by atoms with Crippen molar-refractivity contribution in [3.63, 3.8) is 0 Å². The number of likely N-dealkylation sites (tertiary alicyclic amines) is 1. The number of hydrogen-bond acceptors (Lipinski definition) is 2. The van der Waals surface area contributed by atoms with Gasteiger partial charge >= 0.3 is 0 Å². The van der Waals surface area contributed by atoms with Gasteiger partial charge < -0.3 is 15.5 Å². The molecule has 0 bridgehead atoms. The van der Waals surface area contributed by atoms with Crippen LogP contribution < -0.4 is 10.6 Å². The van der Waals surface area contributed by atoms with Crippen LogP contribution in [0, 0.1) is 0 Å². The molecule has 0 saturated carbocycles. The van der Waals surface area contributed by atoms with Crippen LogP contribution in [0.25, 0.3) is 0 Å². The van der Waals surface area contributed by atoms with E-state index in [9.17, 15) is 0 Å². The molecule has 5 heteroatoms. The monoisotopic (exact) mass is 444 g/mol. The van der Waals surface area contributed by atoms with E-state index in [-0.39, 0.29) is 29.4 Å². The molecule has 1 atom stereocenters. The van der Waals surface area contributed by atoms with Gasteiger partial charge in [-0.15, -0.1) is 24.0 Å². The Labute approximate surface area is 164 Å². The van der Waals surface area contributed by atoms with Crippen molar-refractivity contribution in [2.24, 2.45) is 4.99 Å². The van der Waals surface area contributed by atoms with Gasteiger partial charge in [0.25, 0.3) is 0 Å². The summed E-state index contributed by atoms with van der Waals surface area (Å²) in [7, 11) is 2.21. The van der Waals surface area contributed by atoms with Crippen molar-refractivity contribution in [2.45, 2.75) is 45.1 Å². The molecule has 0 amide bonds. The predicted octanol–water partition coefficient (Wildman–Crippen LogP) is 3.23. The lowest BCUT2D eigenvalue weighted by atomic mass is 9.85. The van der Waals surface area contributed by atoms with E-state index in [1.165, 1.54) is 24.9 Å². The standard InChI is InChI=1S/C19H32N4.HI/c1-5-20-18(21-14-17-12-9-13-23(17)4)22-15-19(2,3)16-10-7-6-8-11-16;/h6-8,10-11,17H,5,9,12-15H2,1-4H3,(H2,20,21,22);1H. The molecule has 1 saturated heterocycles. The first kappa shape index (κ1) is 21.2. The van der Waals surface area contributed by atoms with Gasteiger partial charge in [0.15, 0.2) is 5.96 Å². The molecule has 0 radical (unpaired) electrons. The molecule has 1 aliphatic heterocycles. The quantitative estimate of drug-likeness (QED) is 0.402. The van der Waals surface area contributed by atoms with E-state index in [1.807, 2.05) is 0 Å². The Morgan fingerprint density at radius 1 is 1.25 bits per heavy atom. The lowest BCUT2D eigenvalue weighted by Crippen LogP contribution is -2.44. The van der Waals surface area contributed by atoms with E-state index in [0.29, 0.717) is 6.04 Å². The summed E-state index contributed by atoms with van der Waals surface area (Å²) in [5.41, 5.74) is 1.36. The minimum Gasteiger partial charge on any atom is -0.357 e. The normalized spacial score (nSPS) is 19.0. The average molecular weight is 444 g/mol. The van der Waals surface area contributed by atoms with Gasteiger partial charge in [-0.25, -0.2) is 0 Å². The van der Waals surface area contributed by atoms with Crippen molar-refractivity contribution in [1.82, 2.24) is 15.5 Å². The van der Waals surface area contributed by atoms with Crippen LogP contribution >= 0.6 is 24.0 Å². The van der Waals surface area contributed by atoms with Gasteiger partial charge in [-0.05, 0) is 38.9 Å². The van der Waals surface area contributed by atoms with Crippen molar-refractivity contribution in [1.29, 1.82) is 0 Å². The first-order valence-electron chi connectivity index (χ1n) is 8.81. The Balaban J connectivity index is 0.00000288. The van der Waals surface area contributed by atoms with Gasteiger partial charge in [-0.1, -0.05) is 44.2 Å². The van der Waals surface area contributed by atoms with Crippen LogP contribution in [0.4, 0.5) is 0 Å². The molecule has 1 aliphatic rings. The highest BCUT2D eigenvalue weighted by Gasteiger charge is 2.22. The molecule has 2 N–H and O–H groups in total. The second kappa shape index (κ2) is 10.2. The largest absolute Gasteiger partial charge is 0.357 e. The summed E-state index contributed by atoms with van der Waals surface area (Å²) in [5, 5.41) is 6.88. The van der Waals surface area contributed by atoms with E-state index in [1.54, 1.807) is 0 Å². The number of guanidine groups is 1. The maximum Gasteiger partial charge on any atom is 0.191 e. The summed E-state index contributed by atoms with van der Waals surface area (Å²) in [5.74, 6) is 0.928. The van der Waals surface area contributed by atoms with E-state index >= 15 is 0 Å².